The number of nitrogens with zero attached hydrogens (tertiary/aromatic N) is 4. The van der Waals surface area contributed by atoms with E-state index in [-0.39, 0.29) is 5.88 Å². The smallest absolute Gasteiger partial charge is 0.215 e. The van der Waals surface area contributed by atoms with Crippen molar-refractivity contribution in [3.05, 3.63) is 11.6 Å². The molecule has 3 heterocycles. The summed E-state index contributed by atoms with van der Waals surface area (Å²) in [5.74, 6) is -0.180. The molecule has 0 aromatic heterocycles. The van der Waals surface area contributed by atoms with Crippen LogP contribution in [0.15, 0.2) is 16.6 Å². The Morgan fingerprint density at radius 2 is 1.91 bits per heavy atom. The average Bonchev–Trinajstić information content (AvgIpc) is 3.06. The molecule has 0 radical (unpaired) electrons. The molecule has 3 rings (SSSR count). The molecule has 2 unspecified atom stereocenters. The third-order valence-electron chi connectivity index (χ3n) is 4.33. The fourth-order valence-corrected chi connectivity index (χ4v) is 3.00. The number of hydrogen-bond acceptors (Lipinski definition) is 10. The molecule has 6 atom stereocenters. The Morgan fingerprint density at radius 1 is 1.23 bits per heavy atom. The van der Waals surface area contributed by atoms with Gasteiger partial charge in [0, 0.05) is 7.05 Å². The molecule has 0 aliphatic carbocycles. The zero-order valence-corrected chi connectivity index (χ0v) is 12.2. The topological polar surface area (TPSA) is 132 Å². The quantitative estimate of drug-likeness (QED) is 0.361. The van der Waals surface area contributed by atoms with Crippen molar-refractivity contribution in [1.29, 1.82) is 0 Å². The Kier molecular flexibility index (Phi) is 3.75. The monoisotopic (exact) mass is 316 g/mol. The van der Waals surface area contributed by atoms with Gasteiger partial charge in [-0.05, 0) is 7.05 Å². The highest BCUT2D eigenvalue weighted by atomic mass is 16.6. The minimum Gasteiger partial charge on any atom is -0.493 e. The first-order valence-corrected chi connectivity index (χ1v) is 6.88. The van der Waals surface area contributed by atoms with E-state index in [1.807, 2.05) is 0 Å². The minimum atomic E-state index is -1.25. The highest BCUT2D eigenvalue weighted by molar-refractivity contribution is 5.63. The van der Waals surface area contributed by atoms with Gasteiger partial charge >= 0.3 is 0 Å². The van der Waals surface area contributed by atoms with Crippen LogP contribution in [0.3, 0.4) is 0 Å². The van der Waals surface area contributed by atoms with Gasteiger partial charge in [-0.1, -0.05) is 0 Å². The molecule has 1 saturated heterocycles. The van der Waals surface area contributed by atoms with Crippen molar-refractivity contribution in [2.45, 2.75) is 37.1 Å². The zero-order valence-electron chi connectivity index (χ0n) is 12.2. The number of aliphatic imine (C=N–C) groups is 1. The van der Waals surface area contributed by atoms with Crippen molar-refractivity contribution in [2.75, 3.05) is 20.7 Å². The van der Waals surface area contributed by atoms with Gasteiger partial charge in [0.1, 0.15) is 30.2 Å². The number of likely N-dealkylation sites (N-methyl/N-ethyl adjacent to an activating group) is 1. The fourth-order valence-electron chi connectivity index (χ4n) is 3.00. The number of aliphatic hydroxyl groups excluding tert-OH is 5. The SMILES string of the molecule is CN1C(O)=C2N=CN([C@@H]3O[C@H](CO)[C@@H](O)[C@H]3O)C2N(C)C1O. The van der Waals surface area contributed by atoms with E-state index in [1.54, 1.807) is 7.05 Å². The number of hydrogen-bond donors (Lipinski definition) is 5. The second kappa shape index (κ2) is 5.33. The van der Waals surface area contributed by atoms with E-state index in [1.165, 1.54) is 28.1 Å². The van der Waals surface area contributed by atoms with Gasteiger partial charge in [0.2, 0.25) is 5.88 Å². The van der Waals surface area contributed by atoms with Gasteiger partial charge < -0.3 is 40.1 Å². The summed E-state index contributed by atoms with van der Waals surface area (Å²) in [5.41, 5.74) is 0.299. The van der Waals surface area contributed by atoms with E-state index in [0.717, 1.165) is 0 Å². The third-order valence-corrected chi connectivity index (χ3v) is 4.33. The lowest BCUT2D eigenvalue weighted by molar-refractivity contribution is -0.161. The van der Waals surface area contributed by atoms with E-state index in [2.05, 4.69) is 4.99 Å². The molecular weight excluding hydrogens is 296 g/mol. The first-order valence-electron chi connectivity index (χ1n) is 6.88. The Labute approximate surface area is 126 Å². The summed E-state index contributed by atoms with van der Waals surface area (Å²) < 4.78 is 5.47. The lowest BCUT2D eigenvalue weighted by atomic mass is 10.1. The van der Waals surface area contributed by atoms with Crippen molar-refractivity contribution in [2.24, 2.45) is 4.99 Å². The van der Waals surface area contributed by atoms with Crippen LogP contribution in [-0.4, -0.2) is 104 Å². The maximum Gasteiger partial charge on any atom is 0.215 e. The number of ether oxygens (including phenoxy) is 1. The summed E-state index contributed by atoms with van der Waals surface area (Å²) in [5, 5.41) is 49.4. The van der Waals surface area contributed by atoms with E-state index in [9.17, 15) is 20.4 Å². The maximum atomic E-state index is 10.1. The molecule has 3 aliphatic heterocycles. The molecule has 0 amide bonds. The van der Waals surface area contributed by atoms with Gasteiger partial charge in [-0.25, -0.2) is 9.89 Å². The molecule has 10 nitrogen and oxygen atoms in total. The van der Waals surface area contributed by atoms with Crippen LogP contribution in [0.4, 0.5) is 0 Å². The Hall–Kier alpha value is -1.43. The van der Waals surface area contributed by atoms with Crippen molar-refractivity contribution in [3.63, 3.8) is 0 Å². The second-order valence-corrected chi connectivity index (χ2v) is 5.63. The van der Waals surface area contributed by atoms with Crippen molar-refractivity contribution in [3.8, 4) is 0 Å². The molecule has 10 heteroatoms. The van der Waals surface area contributed by atoms with E-state index < -0.39 is 43.7 Å². The van der Waals surface area contributed by atoms with Crippen molar-refractivity contribution >= 4 is 6.34 Å². The summed E-state index contributed by atoms with van der Waals surface area (Å²) >= 11 is 0. The van der Waals surface area contributed by atoms with Crippen molar-refractivity contribution < 1.29 is 30.3 Å². The van der Waals surface area contributed by atoms with E-state index >= 15 is 0 Å². The second-order valence-electron chi connectivity index (χ2n) is 5.63. The normalized spacial score (nSPS) is 42.5. The van der Waals surface area contributed by atoms with Gasteiger partial charge in [0.25, 0.3) is 0 Å². The van der Waals surface area contributed by atoms with Crippen LogP contribution >= 0.6 is 0 Å². The molecule has 1 fully saturated rings. The molecule has 0 aromatic carbocycles. The molecule has 124 valence electrons. The molecule has 0 bridgehead atoms. The average molecular weight is 316 g/mol. The molecule has 22 heavy (non-hydrogen) atoms. The highest BCUT2D eigenvalue weighted by Crippen LogP contribution is 2.35. The van der Waals surface area contributed by atoms with Crippen LogP contribution in [0.5, 0.6) is 0 Å². The first-order chi connectivity index (χ1) is 10.4. The molecular formula is C12H20N4O6. The molecule has 0 saturated carbocycles. The van der Waals surface area contributed by atoms with Gasteiger partial charge in [-0.2, -0.15) is 0 Å². The maximum absolute atomic E-state index is 10.1. The fraction of sp³-hybridized carbons (Fsp3) is 0.750. The molecule has 0 aromatic rings. The Balaban J connectivity index is 1.90. The molecule has 5 N–H and O–H groups in total. The van der Waals surface area contributed by atoms with Gasteiger partial charge in [-0.15, -0.1) is 0 Å². The van der Waals surface area contributed by atoms with E-state index in [4.69, 9.17) is 9.84 Å². The zero-order chi connectivity index (χ0) is 16.2. The van der Waals surface area contributed by atoms with Crippen molar-refractivity contribution in [1.82, 2.24) is 14.7 Å². The summed E-state index contributed by atoms with van der Waals surface area (Å²) in [6.45, 7) is -0.431. The summed E-state index contributed by atoms with van der Waals surface area (Å²) in [4.78, 5) is 8.38. The van der Waals surface area contributed by atoms with Crippen LogP contribution in [0.2, 0.25) is 0 Å². The van der Waals surface area contributed by atoms with Gasteiger partial charge in [0.05, 0.1) is 12.9 Å². The van der Waals surface area contributed by atoms with Gasteiger partial charge in [0.15, 0.2) is 12.6 Å². The number of fused-ring (bicyclic) bond motifs is 1. The lowest BCUT2D eigenvalue weighted by Gasteiger charge is -2.44. The minimum absolute atomic E-state index is 0.180. The lowest BCUT2D eigenvalue weighted by Crippen LogP contribution is -2.60. The van der Waals surface area contributed by atoms with E-state index in [0.29, 0.717) is 5.70 Å². The summed E-state index contributed by atoms with van der Waals surface area (Å²) in [6, 6.07) is 0. The largest absolute Gasteiger partial charge is 0.493 e. The number of rotatable bonds is 2. The van der Waals surface area contributed by atoms with Crippen LogP contribution in [0.1, 0.15) is 0 Å². The standard InChI is InChI=1S/C12H20N4O6/c1-14-9-6(10(20)15(2)12(14)21)13-4-16(9)11-8(19)7(18)5(3-17)22-11/h4-5,7-9,11-12,17-21H,3H2,1-2H3/t5-,7-,8-,9?,11-,12?/m1/s1. The number of aliphatic hydroxyl groups is 5. The predicted molar refractivity (Wildman–Crippen MR) is 73.1 cm³/mol. The Morgan fingerprint density at radius 3 is 2.50 bits per heavy atom. The summed E-state index contributed by atoms with van der Waals surface area (Å²) in [6.07, 6.45) is -4.72. The third kappa shape index (κ3) is 2.00. The van der Waals surface area contributed by atoms with Crippen LogP contribution in [0, 0.1) is 0 Å². The molecule has 3 aliphatic rings. The van der Waals surface area contributed by atoms with Crippen LogP contribution < -0.4 is 0 Å². The summed E-state index contributed by atoms with van der Waals surface area (Å²) in [7, 11) is 3.14. The first kappa shape index (κ1) is 15.5. The van der Waals surface area contributed by atoms with Crippen LogP contribution in [0.25, 0.3) is 0 Å². The predicted octanol–water partition coefficient (Wildman–Crippen LogP) is -3.02. The molecule has 0 spiro atoms. The van der Waals surface area contributed by atoms with Crippen LogP contribution in [-0.2, 0) is 4.74 Å². The Bertz CT molecular complexity index is 514. The highest BCUT2D eigenvalue weighted by Gasteiger charge is 2.51. The van der Waals surface area contributed by atoms with Gasteiger partial charge in [-0.3, -0.25) is 0 Å².